The van der Waals surface area contributed by atoms with Gasteiger partial charge < -0.3 is 15.0 Å². The Morgan fingerprint density at radius 3 is 2.35 bits per heavy atom. The van der Waals surface area contributed by atoms with Gasteiger partial charge in [-0.05, 0) is 56.4 Å². The molecule has 0 spiro atoms. The number of benzene rings is 1. The Morgan fingerprint density at radius 1 is 1.04 bits per heavy atom. The van der Waals surface area contributed by atoms with Gasteiger partial charge in [-0.3, -0.25) is 9.59 Å². The van der Waals surface area contributed by atoms with E-state index >= 15 is 0 Å². The summed E-state index contributed by atoms with van der Waals surface area (Å²) in [6.07, 6.45) is 6.64. The largest absolute Gasteiger partial charge is 0.455 e. The molecule has 1 N–H and O–H groups in total. The summed E-state index contributed by atoms with van der Waals surface area (Å²) in [5.41, 5.74) is 1.93. The topological polar surface area (TPSA) is 58.6 Å². The minimum Gasteiger partial charge on any atom is -0.455 e. The second-order valence-corrected chi connectivity index (χ2v) is 6.38. The molecule has 1 aromatic carbocycles. The number of anilines is 2. The minimum absolute atomic E-state index is 0.00614. The third kappa shape index (κ3) is 4.24. The van der Waals surface area contributed by atoms with E-state index in [1.54, 1.807) is 0 Å². The van der Waals surface area contributed by atoms with Gasteiger partial charge in [0.2, 0.25) is 0 Å². The summed E-state index contributed by atoms with van der Waals surface area (Å²) >= 11 is 0. The van der Waals surface area contributed by atoms with Crippen molar-refractivity contribution in [3.05, 3.63) is 24.3 Å². The second-order valence-electron chi connectivity index (χ2n) is 6.38. The molecule has 1 aliphatic heterocycles. The number of piperidine rings is 1. The van der Waals surface area contributed by atoms with Crippen LogP contribution in [-0.2, 0) is 14.3 Å². The smallest absolute Gasteiger partial charge is 0.309 e. The zero-order chi connectivity index (χ0) is 16.1. The Kier molecular flexibility index (Phi) is 5.16. The van der Waals surface area contributed by atoms with Crippen LogP contribution in [0.5, 0.6) is 0 Å². The number of carbonyl (C=O) groups is 2. The summed E-state index contributed by atoms with van der Waals surface area (Å²) in [5, 5.41) is 2.77. The number of nitrogens with one attached hydrogen (secondary N) is 1. The van der Waals surface area contributed by atoms with Crippen molar-refractivity contribution in [3.8, 4) is 0 Å². The molecule has 23 heavy (non-hydrogen) atoms. The van der Waals surface area contributed by atoms with Gasteiger partial charge in [0, 0.05) is 24.5 Å². The lowest BCUT2D eigenvalue weighted by Crippen LogP contribution is -2.29. The molecule has 2 aliphatic rings. The lowest BCUT2D eigenvalue weighted by molar-refractivity contribution is -0.154. The lowest BCUT2D eigenvalue weighted by atomic mass is 9.86. The van der Waals surface area contributed by atoms with E-state index in [-0.39, 0.29) is 24.4 Å². The number of carbonyl (C=O) groups excluding carboxylic acids is 2. The molecular weight excluding hydrogens is 292 g/mol. The van der Waals surface area contributed by atoms with Crippen LogP contribution in [0.15, 0.2) is 24.3 Å². The fourth-order valence-corrected chi connectivity index (χ4v) is 3.00. The first kappa shape index (κ1) is 15.8. The van der Waals surface area contributed by atoms with Crippen molar-refractivity contribution in [2.45, 2.75) is 38.5 Å². The predicted molar refractivity (Wildman–Crippen MR) is 89.4 cm³/mol. The number of rotatable bonds is 5. The van der Waals surface area contributed by atoms with Crippen molar-refractivity contribution in [2.24, 2.45) is 5.92 Å². The van der Waals surface area contributed by atoms with Crippen LogP contribution in [0.4, 0.5) is 11.4 Å². The van der Waals surface area contributed by atoms with Crippen LogP contribution in [0.2, 0.25) is 0 Å². The average molecular weight is 316 g/mol. The molecule has 2 fully saturated rings. The third-order valence-corrected chi connectivity index (χ3v) is 4.66. The first-order valence-corrected chi connectivity index (χ1v) is 8.54. The van der Waals surface area contributed by atoms with Crippen molar-refractivity contribution < 1.29 is 14.3 Å². The first-order valence-electron chi connectivity index (χ1n) is 8.54. The molecule has 1 saturated heterocycles. The lowest BCUT2D eigenvalue weighted by Gasteiger charge is -2.28. The summed E-state index contributed by atoms with van der Waals surface area (Å²) in [6, 6.07) is 7.85. The maximum atomic E-state index is 11.8. The van der Waals surface area contributed by atoms with Gasteiger partial charge in [-0.2, -0.15) is 0 Å². The molecule has 0 radical (unpaired) electrons. The van der Waals surface area contributed by atoms with E-state index < -0.39 is 0 Å². The monoisotopic (exact) mass is 316 g/mol. The molecule has 1 amide bonds. The summed E-state index contributed by atoms with van der Waals surface area (Å²) in [7, 11) is 0. The molecule has 0 aromatic heterocycles. The van der Waals surface area contributed by atoms with Crippen LogP contribution in [0, 0.1) is 5.92 Å². The molecule has 1 aromatic rings. The Hall–Kier alpha value is -2.04. The molecule has 5 heteroatoms. The van der Waals surface area contributed by atoms with Crippen LogP contribution in [0.1, 0.15) is 38.5 Å². The number of esters is 1. The number of ether oxygens (including phenoxy) is 1. The van der Waals surface area contributed by atoms with Gasteiger partial charge in [-0.15, -0.1) is 0 Å². The molecule has 5 nitrogen and oxygen atoms in total. The molecule has 1 aliphatic carbocycles. The van der Waals surface area contributed by atoms with Gasteiger partial charge in [0.25, 0.3) is 5.91 Å². The Labute approximate surface area is 137 Å². The van der Waals surface area contributed by atoms with Crippen LogP contribution in [0.25, 0.3) is 0 Å². The van der Waals surface area contributed by atoms with Crippen LogP contribution in [0.3, 0.4) is 0 Å². The molecule has 3 rings (SSSR count). The van der Waals surface area contributed by atoms with Gasteiger partial charge in [0.1, 0.15) is 0 Å². The van der Waals surface area contributed by atoms with Crippen molar-refractivity contribution in [2.75, 3.05) is 29.9 Å². The zero-order valence-electron chi connectivity index (χ0n) is 13.4. The number of nitrogens with zero attached hydrogens (tertiary/aromatic N) is 1. The SMILES string of the molecule is O=C(COC(=O)C1CCC1)Nc1ccc(N2CCCCC2)cc1. The van der Waals surface area contributed by atoms with Crippen LogP contribution >= 0.6 is 0 Å². The second kappa shape index (κ2) is 7.49. The highest BCUT2D eigenvalue weighted by molar-refractivity contribution is 5.93. The van der Waals surface area contributed by atoms with Gasteiger partial charge >= 0.3 is 5.97 Å². The average Bonchev–Trinajstić information content (AvgIpc) is 2.53. The molecule has 1 heterocycles. The van der Waals surface area contributed by atoms with E-state index in [4.69, 9.17) is 4.74 Å². The Morgan fingerprint density at radius 2 is 1.74 bits per heavy atom. The molecule has 0 atom stereocenters. The van der Waals surface area contributed by atoms with Crippen LogP contribution in [-0.4, -0.2) is 31.6 Å². The van der Waals surface area contributed by atoms with Gasteiger partial charge in [0.05, 0.1) is 5.92 Å². The number of hydrogen-bond donors (Lipinski definition) is 1. The molecule has 124 valence electrons. The van der Waals surface area contributed by atoms with Gasteiger partial charge in [0.15, 0.2) is 6.61 Å². The zero-order valence-corrected chi connectivity index (χ0v) is 13.4. The molecular formula is C18H24N2O3. The first-order chi connectivity index (χ1) is 11.2. The maximum Gasteiger partial charge on any atom is 0.309 e. The Balaban J connectivity index is 1.45. The predicted octanol–water partition coefficient (Wildman–Crippen LogP) is 2.96. The van der Waals surface area contributed by atoms with Crippen molar-refractivity contribution in [1.82, 2.24) is 0 Å². The third-order valence-electron chi connectivity index (χ3n) is 4.66. The quantitative estimate of drug-likeness (QED) is 0.849. The summed E-state index contributed by atoms with van der Waals surface area (Å²) < 4.78 is 5.04. The van der Waals surface area contributed by atoms with Gasteiger partial charge in [-0.1, -0.05) is 6.42 Å². The van der Waals surface area contributed by atoms with Gasteiger partial charge in [-0.25, -0.2) is 0 Å². The highest BCUT2D eigenvalue weighted by Crippen LogP contribution is 2.27. The summed E-state index contributed by atoms with van der Waals surface area (Å²) in [4.78, 5) is 25.8. The van der Waals surface area contributed by atoms with E-state index in [2.05, 4.69) is 10.2 Å². The highest BCUT2D eigenvalue weighted by atomic mass is 16.5. The molecule has 1 saturated carbocycles. The molecule has 0 bridgehead atoms. The summed E-state index contributed by atoms with van der Waals surface area (Å²) in [5.74, 6) is -0.526. The maximum absolute atomic E-state index is 11.8. The van der Waals surface area contributed by atoms with Crippen molar-refractivity contribution in [1.29, 1.82) is 0 Å². The van der Waals surface area contributed by atoms with Crippen molar-refractivity contribution in [3.63, 3.8) is 0 Å². The van der Waals surface area contributed by atoms with E-state index in [0.29, 0.717) is 0 Å². The van der Waals surface area contributed by atoms with Crippen LogP contribution < -0.4 is 10.2 Å². The van der Waals surface area contributed by atoms with Crippen molar-refractivity contribution >= 4 is 23.3 Å². The van der Waals surface area contributed by atoms with E-state index in [9.17, 15) is 9.59 Å². The summed E-state index contributed by atoms with van der Waals surface area (Å²) in [6.45, 7) is 1.99. The Bertz CT molecular complexity index is 546. The number of amides is 1. The minimum atomic E-state index is -0.289. The van der Waals surface area contributed by atoms with E-state index in [1.165, 1.54) is 24.9 Å². The fourth-order valence-electron chi connectivity index (χ4n) is 3.00. The normalized spacial score (nSPS) is 18.2. The fraction of sp³-hybridized carbons (Fsp3) is 0.556. The standard InChI is InChI=1S/C18H24N2O3/c21-17(13-23-18(22)14-5-4-6-14)19-15-7-9-16(10-8-15)20-11-2-1-3-12-20/h7-10,14H,1-6,11-13H2,(H,19,21). The number of hydrogen-bond acceptors (Lipinski definition) is 4. The molecule has 0 unspecified atom stereocenters. The van der Waals surface area contributed by atoms with E-state index in [1.807, 2.05) is 24.3 Å². The highest BCUT2D eigenvalue weighted by Gasteiger charge is 2.27. The van der Waals surface area contributed by atoms with E-state index in [0.717, 1.165) is 38.0 Å².